The number of benzene rings is 1. The van der Waals surface area contributed by atoms with Crippen molar-refractivity contribution in [1.82, 2.24) is 0 Å². The minimum absolute atomic E-state index is 0.0761. The van der Waals surface area contributed by atoms with Crippen molar-refractivity contribution < 1.29 is 47.6 Å². The number of esters is 3. The minimum atomic E-state index is -2.32. The molecule has 37 heavy (non-hydrogen) atoms. The number of carbonyl (C=O) groups is 4. The largest absolute Gasteiger partial charge is 0.467 e. The summed E-state index contributed by atoms with van der Waals surface area (Å²) in [5.41, 5.74) is 0.693. The highest BCUT2D eigenvalue weighted by atomic mass is 35.6. The van der Waals surface area contributed by atoms with Crippen LogP contribution in [0.1, 0.15) is 32.3 Å². The van der Waals surface area contributed by atoms with Gasteiger partial charge in [0.25, 0.3) is 3.79 Å². The van der Waals surface area contributed by atoms with Crippen molar-refractivity contribution >= 4 is 64.4 Å². The summed E-state index contributed by atoms with van der Waals surface area (Å²) in [5, 5.41) is 7.91. The first kappa shape index (κ1) is 30.8. The summed E-state index contributed by atoms with van der Waals surface area (Å²) >= 11 is 17.1. The number of ketones is 1. The Bertz CT molecular complexity index is 985. The Kier molecular flexibility index (Phi) is 11.6. The molecular weight excluding hydrogens is 557 g/mol. The fourth-order valence-electron chi connectivity index (χ4n) is 3.29. The van der Waals surface area contributed by atoms with Crippen LogP contribution in [0.4, 0.5) is 0 Å². The van der Waals surface area contributed by atoms with Gasteiger partial charge in [-0.2, -0.15) is 0 Å². The van der Waals surface area contributed by atoms with Crippen molar-refractivity contribution in [2.24, 2.45) is 0 Å². The van der Waals surface area contributed by atoms with E-state index < -0.39 is 58.3 Å². The summed E-state index contributed by atoms with van der Waals surface area (Å²) in [6.07, 6.45) is -8.15. The molecule has 0 aromatic heterocycles. The summed E-state index contributed by atoms with van der Waals surface area (Å²) in [5.74, 6) is -3.81. The fourth-order valence-corrected chi connectivity index (χ4v) is 3.42. The number of hydrogen-bond donors (Lipinski definition) is 1. The van der Waals surface area contributed by atoms with Gasteiger partial charge in [0.15, 0.2) is 18.3 Å². The van der Waals surface area contributed by atoms with Crippen LogP contribution in [0.15, 0.2) is 30.3 Å². The number of carbonyl (C=O) groups excluding carboxylic acids is 4. The number of methoxy groups -OCH3 is 1. The molecule has 0 radical (unpaired) electrons. The number of alkyl halides is 3. The zero-order valence-electron chi connectivity index (χ0n) is 20.1. The number of ether oxygens (including phenoxy) is 6. The maximum atomic E-state index is 12.7. The molecule has 14 heteroatoms. The van der Waals surface area contributed by atoms with E-state index in [9.17, 15) is 19.2 Å². The van der Waals surface area contributed by atoms with E-state index in [2.05, 4.69) is 0 Å². The lowest BCUT2D eigenvalue weighted by Crippen LogP contribution is -2.64. The van der Waals surface area contributed by atoms with Gasteiger partial charge < -0.3 is 33.2 Å². The molecule has 1 aliphatic rings. The summed E-state index contributed by atoms with van der Waals surface area (Å²) in [6.45, 7) is 2.32. The first-order chi connectivity index (χ1) is 17.3. The molecule has 0 aliphatic carbocycles. The zero-order valence-corrected chi connectivity index (χ0v) is 22.4. The second kappa shape index (κ2) is 13.9. The highest BCUT2D eigenvalue weighted by Crippen LogP contribution is 2.34. The van der Waals surface area contributed by atoms with E-state index in [0.29, 0.717) is 5.56 Å². The molecule has 1 N–H and O–H groups in total. The van der Waals surface area contributed by atoms with Crippen molar-refractivity contribution in [3.63, 3.8) is 0 Å². The molecule has 0 bridgehead atoms. The summed E-state index contributed by atoms with van der Waals surface area (Å²) in [6, 6.07) is 8.81. The number of nitrogens with one attached hydrogen (secondary N) is 1. The molecule has 1 heterocycles. The Morgan fingerprint density at radius 1 is 0.946 bits per heavy atom. The maximum Gasteiger partial charge on any atom is 0.339 e. The topological polar surface area (TPSA) is 148 Å². The molecule has 1 aliphatic heterocycles. The Morgan fingerprint density at radius 3 is 2.14 bits per heavy atom. The normalized spacial score (nSPS) is 23.5. The lowest BCUT2D eigenvalue weighted by molar-refractivity contribution is -0.291. The standard InChI is InChI=1S/C23H26Cl3NO10/c1-12(28)9-10-15(30)35-17-16(33-11-14-7-5-4-6-8-14)19(34-13(2)29)21(36-18(17)20(31)32-3)37-22(27)23(24,25)26/h4-8,16-19,21,27H,9-11H2,1-3H3/t16-,17-,18+,19+,21-/m1/s1. The van der Waals surface area contributed by atoms with Gasteiger partial charge in [0.05, 0.1) is 20.1 Å². The van der Waals surface area contributed by atoms with Crippen molar-refractivity contribution in [2.75, 3.05) is 7.11 Å². The average molecular weight is 583 g/mol. The maximum absolute atomic E-state index is 12.7. The molecular formula is C23H26Cl3NO10. The highest BCUT2D eigenvalue weighted by molar-refractivity contribution is 6.76. The minimum Gasteiger partial charge on any atom is -0.467 e. The van der Waals surface area contributed by atoms with Gasteiger partial charge in [0, 0.05) is 13.3 Å². The number of Topliss-reactive ketones (excluding diaryl/α,β-unsaturated/α-hetero) is 1. The van der Waals surface area contributed by atoms with Gasteiger partial charge in [-0.1, -0.05) is 65.1 Å². The van der Waals surface area contributed by atoms with Crippen molar-refractivity contribution in [2.45, 2.75) is 67.8 Å². The predicted octanol–water partition coefficient (Wildman–Crippen LogP) is 3.05. The lowest BCUT2D eigenvalue weighted by atomic mass is 9.97. The predicted molar refractivity (Wildman–Crippen MR) is 130 cm³/mol. The molecule has 5 atom stereocenters. The third-order valence-electron chi connectivity index (χ3n) is 4.96. The van der Waals surface area contributed by atoms with Crippen molar-refractivity contribution in [3.05, 3.63) is 35.9 Å². The van der Waals surface area contributed by atoms with E-state index in [1.807, 2.05) is 0 Å². The monoisotopic (exact) mass is 581 g/mol. The van der Waals surface area contributed by atoms with Crippen LogP contribution >= 0.6 is 34.8 Å². The number of rotatable bonds is 10. The smallest absolute Gasteiger partial charge is 0.339 e. The van der Waals surface area contributed by atoms with Crippen LogP contribution < -0.4 is 0 Å². The van der Waals surface area contributed by atoms with E-state index in [1.54, 1.807) is 30.3 Å². The Hall–Kier alpha value is -2.44. The highest BCUT2D eigenvalue weighted by Gasteiger charge is 2.55. The summed E-state index contributed by atoms with van der Waals surface area (Å²) in [7, 11) is 1.07. The zero-order chi connectivity index (χ0) is 27.8. The first-order valence-corrected chi connectivity index (χ1v) is 12.0. The van der Waals surface area contributed by atoms with Crippen LogP contribution in [0, 0.1) is 5.41 Å². The Balaban J connectivity index is 2.49. The quantitative estimate of drug-likeness (QED) is 0.143. The van der Waals surface area contributed by atoms with Gasteiger partial charge in [0.2, 0.25) is 12.2 Å². The number of hydrogen-bond acceptors (Lipinski definition) is 11. The molecule has 0 amide bonds. The van der Waals surface area contributed by atoms with E-state index in [1.165, 1.54) is 6.92 Å². The van der Waals surface area contributed by atoms with Gasteiger partial charge in [-0.25, -0.2) is 4.79 Å². The van der Waals surface area contributed by atoms with Crippen molar-refractivity contribution in [1.29, 1.82) is 5.41 Å². The second-order valence-electron chi connectivity index (χ2n) is 7.88. The van der Waals surface area contributed by atoms with Gasteiger partial charge in [-0.05, 0) is 12.5 Å². The Labute approximate surface area is 228 Å². The van der Waals surface area contributed by atoms with Crippen LogP contribution in [0.5, 0.6) is 0 Å². The van der Waals surface area contributed by atoms with Crippen LogP contribution in [0.25, 0.3) is 0 Å². The molecule has 1 fully saturated rings. The van der Waals surface area contributed by atoms with Crippen LogP contribution in [0.2, 0.25) is 0 Å². The van der Waals surface area contributed by atoms with Crippen LogP contribution in [-0.4, -0.2) is 71.2 Å². The van der Waals surface area contributed by atoms with E-state index in [4.69, 9.17) is 68.6 Å². The van der Waals surface area contributed by atoms with Crippen LogP contribution in [0.3, 0.4) is 0 Å². The molecule has 0 saturated carbocycles. The molecule has 1 aromatic carbocycles. The van der Waals surface area contributed by atoms with Crippen LogP contribution in [-0.2, 0) is 54.2 Å². The molecule has 11 nitrogen and oxygen atoms in total. The molecule has 1 aromatic rings. The molecule has 2 rings (SSSR count). The third kappa shape index (κ3) is 9.42. The number of halogens is 3. The first-order valence-electron chi connectivity index (χ1n) is 10.9. The van der Waals surface area contributed by atoms with Gasteiger partial charge >= 0.3 is 17.9 Å². The Morgan fingerprint density at radius 2 is 1.59 bits per heavy atom. The molecule has 1 saturated heterocycles. The average Bonchev–Trinajstić information content (AvgIpc) is 2.82. The second-order valence-corrected chi connectivity index (χ2v) is 10.2. The van der Waals surface area contributed by atoms with Gasteiger partial charge in [-0.15, -0.1) is 0 Å². The molecule has 0 spiro atoms. The molecule has 0 unspecified atom stereocenters. The summed E-state index contributed by atoms with van der Waals surface area (Å²) in [4.78, 5) is 48.5. The van der Waals surface area contributed by atoms with Crippen molar-refractivity contribution in [3.8, 4) is 0 Å². The molecule has 204 valence electrons. The lowest BCUT2D eigenvalue weighted by Gasteiger charge is -2.43. The summed E-state index contributed by atoms with van der Waals surface area (Å²) < 4.78 is 30.2. The van der Waals surface area contributed by atoms with E-state index >= 15 is 0 Å². The van der Waals surface area contributed by atoms with E-state index in [0.717, 1.165) is 14.0 Å². The van der Waals surface area contributed by atoms with Gasteiger partial charge in [0.1, 0.15) is 11.9 Å². The van der Waals surface area contributed by atoms with E-state index in [-0.39, 0.29) is 25.2 Å². The SMILES string of the molecule is COC(=O)[C@H]1O[C@H](OC(=N)C(Cl)(Cl)Cl)[C@@H](OC(C)=O)[C@H](OCc2ccccc2)[C@H]1OC(=O)CCC(C)=O. The third-order valence-corrected chi connectivity index (χ3v) is 5.47. The fraction of sp³-hybridized carbons (Fsp3) is 0.522. The van der Waals surface area contributed by atoms with Gasteiger partial charge in [-0.3, -0.25) is 15.0 Å².